The Morgan fingerprint density at radius 3 is 3.07 bits per heavy atom. The minimum Gasteiger partial charge on any atom is -0.431 e. The number of nitrogens with zero attached hydrogens (tertiary/aromatic N) is 1. The van der Waals surface area contributed by atoms with Crippen molar-refractivity contribution in [1.82, 2.24) is 4.98 Å². The quantitative estimate of drug-likeness (QED) is 0.639. The van der Waals surface area contributed by atoms with Gasteiger partial charge < -0.3 is 10.2 Å². The van der Waals surface area contributed by atoms with E-state index in [2.05, 4.69) is 18.8 Å². The first-order valence-electron chi connectivity index (χ1n) is 5.01. The normalized spacial score (nSPS) is 13.2. The monoisotopic (exact) mass is 222 g/mol. The van der Waals surface area contributed by atoms with Crippen LogP contribution in [0, 0.1) is 0 Å². The fraction of sp³-hybridized carbons (Fsp3) is 0.364. The molecule has 2 rings (SSSR count). The number of anilines is 1. The smallest absolute Gasteiger partial charge is 0.256 e. The van der Waals surface area contributed by atoms with E-state index in [-0.39, 0.29) is 0 Å². The van der Waals surface area contributed by atoms with Crippen LogP contribution in [0.15, 0.2) is 27.8 Å². The molecule has 15 heavy (non-hydrogen) atoms. The lowest BCUT2D eigenvalue weighted by Gasteiger charge is -2.01. The SMILES string of the molecule is CCC(C)Sc1nc2ccc(N)cc2o1. The van der Waals surface area contributed by atoms with Gasteiger partial charge in [0, 0.05) is 17.0 Å². The van der Waals surface area contributed by atoms with Gasteiger partial charge in [-0.1, -0.05) is 25.6 Å². The zero-order chi connectivity index (χ0) is 10.8. The van der Waals surface area contributed by atoms with Crippen LogP contribution >= 0.6 is 11.8 Å². The van der Waals surface area contributed by atoms with Gasteiger partial charge in [-0.2, -0.15) is 0 Å². The molecule has 0 fully saturated rings. The number of hydrogen-bond donors (Lipinski definition) is 1. The third-order valence-electron chi connectivity index (χ3n) is 2.27. The van der Waals surface area contributed by atoms with Crippen molar-refractivity contribution in [3.8, 4) is 0 Å². The lowest BCUT2D eigenvalue weighted by molar-refractivity contribution is 0.488. The van der Waals surface area contributed by atoms with Crippen molar-refractivity contribution in [3.05, 3.63) is 18.2 Å². The third-order valence-corrected chi connectivity index (χ3v) is 3.38. The molecule has 1 aromatic carbocycles. The number of nitrogens with two attached hydrogens (primary N) is 1. The molecule has 3 nitrogen and oxygen atoms in total. The molecule has 0 amide bonds. The standard InChI is InChI=1S/C11H14N2OS/c1-3-7(2)15-11-13-9-5-4-8(12)6-10(9)14-11/h4-7H,3,12H2,1-2H3. The van der Waals surface area contributed by atoms with E-state index >= 15 is 0 Å². The minimum atomic E-state index is 0.524. The van der Waals surface area contributed by atoms with Crippen LogP contribution in [-0.2, 0) is 0 Å². The second-order valence-corrected chi connectivity index (χ2v) is 4.93. The molecule has 0 aliphatic rings. The Labute approximate surface area is 93.0 Å². The summed E-state index contributed by atoms with van der Waals surface area (Å²) in [6.07, 6.45) is 1.10. The van der Waals surface area contributed by atoms with Gasteiger partial charge in [0.1, 0.15) is 5.52 Å². The van der Waals surface area contributed by atoms with Crippen LogP contribution < -0.4 is 5.73 Å². The Kier molecular flexibility index (Phi) is 2.86. The molecule has 0 radical (unpaired) electrons. The molecule has 80 valence electrons. The van der Waals surface area contributed by atoms with Crippen molar-refractivity contribution >= 4 is 28.5 Å². The summed E-state index contributed by atoms with van der Waals surface area (Å²) in [5.41, 5.74) is 8.01. The minimum absolute atomic E-state index is 0.524. The molecule has 2 N–H and O–H groups in total. The van der Waals surface area contributed by atoms with E-state index in [4.69, 9.17) is 10.2 Å². The lowest BCUT2D eigenvalue weighted by atomic mass is 10.3. The molecule has 0 bridgehead atoms. The summed E-state index contributed by atoms with van der Waals surface area (Å²) >= 11 is 1.66. The highest BCUT2D eigenvalue weighted by atomic mass is 32.2. The van der Waals surface area contributed by atoms with Gasteiger partial charge in [0.15, 0.2) is 5.58 Å². The maximum Gasteiger partial charge on any atom is 0.256 e. The number of rotatable bonds is 3. The van der Waals surface area contributed by atoms with Gasteiger partial charge in [-0.05, 0) is 18.6 Å². The first kappa shape index (κ1) is 10.4. The van der Waals surface area contributed by atoms with Crippen LogP contribution in [0.3, 0.4) is 0 Å². The van der Waals surface area contributed by atoms with Gasteiger partial charge in [-0.25, -0.2) is 4.98 Å². The molecule has 1 aromatic heterocycles. The number of benzene rings is 1. The molecule has 0 aliphatic heterocycles. The highest BCUT2D eigenvalue weighted by molar-refractivity contribution is 7.99. The summed E-state index contributed by atoms with van der Waals surface area (Å²) < 4.78 is 5.59. The van der Waals surface area contributed by atoms with Crippen LogP contribution in [0.1, 0.15) is 20.3 Å². The molecule has 1 atom stereocenters. The van der Waals surface area contributed by atoms with E-state index in [1.807, 2.05) is 18.2 Å². The van der Waals surface area contributed by atoms with Gasteiger partial charge in [0.25, 0.3) is 5.22 Å². The molecule has 1 heterocycles. The van der Waals surface area contributed by atoms with Gasteiger partial charge in [0.05, 0.1) is 0 Å². The largest absolute Gasteiger partial charge is 0.431 e. The molecule has 2 aromatic rings. The Bertz CT molecular complexity index is 467. The summed E-state index contributed by atoms with van der Waals surface area (Å²) in [5.74, 6) is 0. The molecular weight excluding hydrogens is 208 g/mol. The van der Waals surface area contributed by atoms with E-state index in [0.29, 0.717) is 10.9 Å². The van der Waals surface area contributed by atoms with Crippen LogP contribution in [0.2, 0.25) is 0 Å². The average Bonchev–Trinajstić information content (AvgIpc) is 2.59. The summed E-state index contributed by atoms with van der Waals surface area (Å²) in [6.45, 7) is 4.31. The molecular formula is C11H14N2OS. The Hall–Kier alpha value is -1.16. The molecule has 1 unspecified atom stereocenters. The number of hydrogen-bond acceptors (Lipinski definition) is 4. The number of oxazole rings is 1. The van der Waals surface area contributed by atoms with Crippen molar-refractivity contribution in [2.24, 2.45) is 0 Å². The van der Waals surface area contributed by atoms with Crippen LogP contribution in [-0.4, -0.2) is 10.2 Å². The van der Waals surface area contributed by atoms with E-state index in [9.17, 15) is 0 Å². The maximum absolute atomic E-state index is 5.67. The summed E-state index contributed by atoms with van der Waals surface area (Å²) in [6, 6.07) is 5.53. The predicted molar refractivity (Wildman–Crippen MR) is 64.0 cm³/mol. The van der Waals surface area contributed by atoms with Crippen molar-refractivity contribution in [1.29, 1.82) is 0 Å². The summed E-state index contributed by atoms with van der Waals surface area (Å²) in [4.78, 5) is 4.38. The van der Waals surface area contributed by atoms with E-state index < -0.39 is 0 Å². The number of nitrogen functional groups attached to an aromatic ring is 1. The second kappa shape index (κ2) is 4.14. The summed E-state index contributed by atoms with van der Waals surface area (Å²) in [5, 5.41) is 1.25. The zero-order valence-corrected chi connectivity index (χ0v) is 9.67. The maximum atomic E-state index is 5.67. The summed E-state index contributed by atoms with van der Waals surface area (Å²) in [7, 11) is 0. The molecule has 0 aliphatic carbocycles. The van der Waals surface area contributed by atoms with Gasteiger partial charge >= 0.3 is 0 Å². The van der Waals surface area contributed by atoms with E-state index in [1.165, 1.54) is 0 Å². The van der Waals surface area contributed by atoms with Crippen molar-refractivity contribution in [2.45, 2.75) is 30.7 Å². The number of thioether (sulfide) groups is 1. The van der Waals surface area contributed by atoms with Gasteiger partial charge in [-0.3, -0.25) is 0 Å². The van der Waals surface area contributed by atoms with E-state index in [0.717, 1.165) is 22.7 Å². The molecule has 0 saturated heterocycles. The predicted octanol–water partition coefficient (Wildman–Crippen LogP) is 3.30. The Morgan fingerprint density at radius 1 is 1.53 bits per heavy atom. The molecule has 0 spiro atoms. The lowest BCUT2D eigenvalue weighted by Crippen LogP contribution is -1.91. The topological polar surface area (TPSA) is 52.0 Å². The number of fused-ring (bicyclic) bond motifs is 1. The van der Waals surface area contributed by atoms with Gasteiger partial charge in [0.2, 0.25) is 0 Å². The first-order chi connectivity index (χ1) is 7.19. The van der Waals surface area contributed by atoms with Crippen molar-refractivity contribution < 1.29 is 4.42 Å². The van der Waals surface area contributed by atoms with Crippen LogP contribution in [0.25, 0.3) is 11.1 Å². The number of aromatic nitrogens is 1. The molecule has 0 saturated carbocycles. The Balaban J connectivity index is 2.30. The van der Waals surface area contributed by atoms with Crippen molar-refractivity contribution in [3.63, 3.8) is 0 Å². The van der Waals surface area contributed by atoms with Gasteiger partial charge in [-0.15, -0.1) is 0 Å². The Morgan fingerprint density at radius 2 is 2.33 bits per heavy atom. The molecule has 4 heteroatoms. The first-order valence-corrected chi connectivity index (χ1v) is 5.89. The zero-order valence-electron chi connectivity index (χ0n) is 8.86. The average molecular weight is 222 g/mol. The van der Waals surface area contributed by atoms with Crippen molar-refractivity contribution in [2.75, 3.05) is 5.73 Å². The van der Waals surface area contributed by atoms with Crippen LogP contribution in [0.5, 0.6) is 0 Å². The van der Waals surface area contributed by atoms with E-state index in [1.54, 1.807) is 11.8 Å². The second-order valence-electron chi connectivity index (χ2n) is 3.54. The highest BCUT2D eigenvalue weighted by Gasteiger charge is 2.09. The highest BCUT2D eigenvalue weighted by Crippen LogP contribution is 2.28. The fourth-order valence-electron chi connectivity index (χ4n) is 1.23. The van der Waals surface area contributed by atoms with Crippen LogP contribution in [0.4, 0.5) is 5.69 Å². The fourth-order valence-corrected chi connectivity index (χ4v) is 2.03. The third kappa shape index (κ3) is 2.26.